The van der Waals surface area contributed by atoms with Gasteiger partial charge in [0.15, 0.2) is 5.82 Å². The number of aromatic nitrogens is 4. The number of ether oxygens (including phenoxy) is 1. The predicted octanol–water partition coefficient (Wildman–Crippen LogP) is 2.09. The summed E-state index contributed by atoms with van der Waals surface area (Å²) in [6, 6.07) is 6.52. The maximum atomic E-state index is 13.2. The lowest BCUT2D eigenvalue weighted by atomic mass is 10.2. The van der Waals surface area contributed by atoms with Gasteiger partial charge < -0.3 is 21.5 Å². The van der Waals surface area contributed by atoms with Crippen molar-refractivity contribution in [2.24, 2.45) is 0 Å². The van der Waals surface area contributed by atoms with Crippen molar-refractivity contribution in [2.75, 3.05) is 30.0 Å². The SMILES string of the molecule is CCOCCn1c(C(C)Nc2nc(N)nc(N)c2C#N)nc2cccc(Cl)c2c1=O. The minimum Gasteiger partial charge on any atom is -0.382 e. The van der Waals surface area contributed by atoms with Crippen LogP contribution >= 0.6 is 11.6 Å². The molecule has 0 saturated heterocycles. The van der Waals surface area contributed by atoms with E-state index >= 15 is 0 Å². The molecule has 0 bridgehead atoms. The number of nitriles is 1. The molecule has 0 aliphatic heterocycles. The highest BCUT2D eigenvalue weighted by Crippen LogP contribution is 2.25. The number of benzene rings is 1. The zero-order valence-corrected chi connectivity index (χ0v) is 17.3. The van der Waals surface area contributed by atoms with Crippen LogP contribution in [-0.2, 0) is 11.3 Å². The van der Waals surface area contributed by atoms with E-state index in [0.717, 1.165) is 0 Å². The molecule has 1 aromatic carbocycles. The molecule has 11 heteroatoms. The highest BCUT2D eigenvalue weighted by molar-refractivity contribution is 6.35. The Labute approximate surface area is 177 Å². The van der Waals surface area contributed by atoms with E-state index in [-0.39, 0.29) is 35.3 Å². The first kappa shape index (κ1) is 21.3. The van der Waals surface area contributed by atoms with Crippen LogP contribution in [0.3, 0.4) is 0 Å². The number of fused-ring (bicyclic) bond motifs is 1. The van der Waals surface area contributed by atoms with Crippen LogP contribution in [-0.4, -0.2) is 32.7 Å². The van der Waals surface area contributed by atoms with E-state index < -0.39 is 6.04 Å². The molecule has 2 aromatic heterocycles. The van der Waals surface area contributed by atoms with Crippen LogP contribution in [0.4, 0.5) is 17.6 Å². The average Bonchev–Trinajstić information content (AvgIpc) is 2.69. The van der Waals surface area contributed by atoms with Crippen LogP contribution in [0.25, 0.3) is 10.9 Å². The summed E-state index contributed by atoms with van der Waals surface area (Å²) in [5.74, 6) is 0.473. The topological polar surface area (TPSA) is 158 Å². The molecule has 0 aliphatic carbocycles. The fourth-order valence-corrected chi connectivity index (χ4v) is 3.32. The molecule has 3 aromatic rings. The van der Waals surface area contributed by atoms with Crippen molar-refractivity contribution in [2.45, 2.75) is 26.4 Å². The molecule has 0 aliphatic rings. The van der Waals surface area contributed by atoms with Crippen LogP contribution < -0.4 is 22.3 Å². The number of nitrogens with one attached hydrogen (secondary N) is 1. The molecule has 30 heavy (non-hydrogen) atoms. The maximum Gasteiger partial charge on any atom is 0.263 e. The van der Waals surface area contributed by atoms with Gasteiger partial charge in [0, 0.05) is 6.61 Å². The molecule has 0 spiro atoms. The molecule has 2 heterocycles. The molecule has 1 unspecified atom stereocenters. The number of nitrogen functional groups attached to an aromatic ring is 2. The second kappa shape index (κ2) is 8.94. The molecule has 0 radical (unpaired) electrons. The largest absolute Gasteiger partial charge is 0.382 e. The summed E-state index contributed by atoms with van der Waals surface area (Å²) in [5, 5.41) is 13.1. The number of hydrogen-bond acceptors (Lipinski definition) is 9. The van der Waals surface area contributed by atoms with E-state index in [1.165, 1.54) is 4.57 Å². The smallest absolute Gasteiger partial charge is 0.263 e. The van der Waals surface area contributed by atoms with Crippen LogP contribution in [0.1, 0.15) is 31.3 Å². The quantitative estimate of drug-likeness (QED) is 0.479. The summed E-state index contributed by atoms with van der Waals surface area (Å²) in [7, 11) is 0. The molecule has 0 saturated carbocycles. The van der Waals surface area contributed by atoms with Crippen molar-refractivity contribution >= 4 is 40.1 Å². The van der Waals surface area contributed by atoms with Gasteiger partial charge in [0.2, 0.25) is 5.95 Å². The van der Waals surface area contributed by atoms with E-state index in [0.29, 0.717) is 35.0 Å². The lowest BCUT2D eigenvalue weighted by Gasteiger charge is -2.21. The van der Waals surface area contributed by atoms with E-state index in [1.54, 1.807) is 25.1 Å². The van der Waals surface area contributed by atoms with E-state index in [2.05, 4.69) is 20.3 Å². The third-order valence-electron chi connectivity index (χ3n) is 4.43. The Morgan fingerprint density at radius 1 is 1.33 bits per heavy atom. The van der Waals surface area contributed by atoms with Gasteiger partial charge in [0.1, 0.15) is 23.3 Å². The fraction of sp³-hybridized carbons (Fsp3) is 0.316. The number of nitrogens with zero attached hydrogens (tertiary/aromatic N) is 5. The normalized spacial score (nSPS) is 11.9. The highest BCUT2D eigenvalue weighted by Gasteiger charge is 2.20. The molecule has 1 atom stereocenters. The molecule has 156 valence electrons. The summed E-state index contributed by atoms with van der Waals surface area (Å²) < 4.78 is 6.92. The summed E-state index contributed by atoms with van der Waals surface area (Å²) in [6.07, 6.45) is 0. The number of nitrogens with two attached hydrogens (primary N) is 2. The molecule has 0 amide bonds. The zero-order valence-electron chi connectivity index (χ0n) is 16.5. The Morgan fingerprint density at radius 2 is 2.10 bits per heavy atom. The monoisotopic (exact) mass is 428 g/mol. The summed E-state index contributed by atoms with van der Waals surface area (Å²) in [4.78, 5) is 25.7. The third kappa shape index (κ3) is 4.12. The predicted molar refractivity (Wildman–Crippen MR) is 115 cm³/mol. The zero-order chi connectivity index (χ0) is 21.8. The number of hydrogen-bond donors (Lipinski definition) is 3. The van der Waals surface area contributed by atoms with Crippen molar-refractivity contribution in [1.29, 1.82) is 5.26 Å². The van der Waals surface area contributed by atoms with E-state index in [1.807, 2.05) is 13.0 Å². The van der Waals surface area contributed by atoms with Gasteiger partial charge in [0.05, 0.1) is 35.1 Å². The van der Waals surface area contributed by atoms with Crippen molar-refractivity contribution in [3.05, 3.63) is 45.0 Å². The van der Waals surface area contributed by atoms with E-state index in [9.17, 15) is 10.1 Å². The first-order valence-electron chi connectivity index (χ1n) is 9.23. The summed E-state index contributed by atoms with van der Waals surface area (Å²) in [5.41, 5.74) is 11.7. The van der Waals surface area contributed by atoms with Crippen LogP contribution in [0.5, 0.6) is 0 Å². The Balaban J connectivity index is 2.11. The minimum absolute atomic E-state index is 0.0355. The summed E-state index contributed by atoms with van der Waals surface area (Å²) >= 11 is 6.25. The third-order valence-corrected chi connectivity index (χ3v) is 4.75. The Bertz CT molecular complexity index is 1190. The minimum atomic E-state index is -0.525. The molecule has 5 N–H and O–H groups in total. The lowest BCUT2D eigenvalue weighted by molar-refractivity contribution is 0.137. The fourth-order valence-electron chi connectivity index (χ4n) is 3.07. The standard InChI is InChI=1S/C19H21ClN8O2/c1-3-30-8-7-28-17(25-13-6-4-5-12(20)14(13)18(28)29)10(2)24-16-11(9-21)15(22)26-19(23)27-16/h4-6,10H,3,7-8H2,1-2H3,(H5,22,23,24,26,27). The van der Waals surface area contributed by atoms with Crippen LogP contribution in [0, 0.1) is 11.3 Å². The second-order valence-corrected chi connectivity index (χ2v) is 6.83. The van der Waals surface area contributed by atoms with Crippen molar-refractivity contribution in [3.63, 3.8) is 0 Å². The second-order valence-electron chi connectivity index (χ2n) is 6.43. The number of rotatable bonds is 7. The first-order chi connectivity index (χ1) is 14.4. The van der Waals surface area contributed by atoms with Crippen LogP contribution in [0.15, 0.2) is 23.0 Å². The summed E-state index contributed by atoms with van der Waals surface area (Å²) in [6.45, 7) is 4.78. The highest BCUT2D eigenvalue weighted by atomic mass is 35.5. The van der Waals surface area contributed by atoms with Gasteiger partial charge in [-0.25, -0.2) is 4.98 Å². The Morgan fingerprint density at radius 3 is 2.80 bits per heavy atom. The van der Waals surface area contributed by atoms with Gasteiger partial charge in [-0.1, -0.05) is 17.7 Å². The Kier molecular flexibility index (Phi) is 6.34. The van der Waals surface area contributed by atoms with Gasteiger partial charge in [0.25, 0.3) is 5.56 Å². The molecule has 0 fully saturated rings. The molecular formula is C19H21ClN8O2. The molecule has 3 rings (SSSR count). The van der Waals surface area contributed by atoms with Crippen molar-refractivity contribution in [1.82, 2.24) is 19.5 Å². The van der Waals surface area contributed by atoms with Gasteiger partial charge in [-0.15, -0.1) is 0 Å². The molecular weight excluding hydrogens is 408 g/mol. The Hall–Kier alpha value is -3.42. The maximum absolute atomic E-state index is 13.2. The lowest BCUT2D eigenvalue weighted by Crippen LogP contribution is -2.30. The average molecular weight is 429 g/mol. The van der Waals surface area contributed by atoms with Crippen molar-refractivity contribution < 1.29 is 4.74 Å². The van der Waals surface area contributed by atoms with E-state index in [4.69, 9.17) is 27.8 Å². The van der Waals surface area contributed by atoms with Gasteiger partial charge in [-0.3, -0.25) is 9.36 Å². The van der Waals surface area contributed by atoms with Gasteiger partial charge in [-0.05, 0) is 26.0 Å². The molecule has 10 nitrogen and oxygen atoms in total. The van der Waals surface area contributed by atoms with Crippen molar-refractivity contribution in [3.8, 4) is 6.07 Å². The first-order valence-corrected chi connectivity index (χ1v) is 9.61. The van der Waals surface area contributed by atoms with Crippen LogP contribution in [0.2, 0.25) is 5.02 Å². The number of halogens is 1. The number of anilines is 3. The van der Waals surface area contributed by atoms with Gasteiger partial charge in [-0.2, -0.15) is 15.2 Å². The van der Waals surface area contributed by atoms with Gasteiger partial charge >= 0.3 is 0 Å².